The Morgan fingerprint density at radius 1 is 1.26 bits per heavy atom. The number of hydrogen-bond acceptors (Lipinski definition) is 4. The summed E-state index contributed by atoms with van der Waals surface area (Å²) in [7, 11) is 0. The first-order chi connectivity index (χ1) is 13.2. The molecule has 1 unspecified atom stereocenters. The number of nitrogens with one attached hydrogen (secondary N) is 2. The van der Waals surface area contributed by atoms with E-state index >= 15 is 0 Å². The Kier molecular flexibility index (Phi) is 4.50. The van der Waals surface area contributed by atoms with Crippen molar-refractivity contribution in [3.8, 4) is 5.75 Å². The van der Waals surface area contributed by atoms with Gasteiger partial charge in [-0.05, 0) is 31.2 Å². The number of carbonyl (C=O) groups excluding carboxylic acids is 2. The molecule has 3 aromatic rings. The van der Waals surface area contributed by atoms with E-state index in [-0.39, 0.29) is 18.2 Å². The second kappa shape index (κ2) is 7.11. The number of ether oxygens (including phenoxy) is 1. The third-order valence-electron chi connectivity index (χ3n) is 4.58. The summed E-state index contributed by atoms with van der Waals surface area (Å²) in [6.07, 6.45) is 0.159. The molecule has 2 N–H and O–H groups in total. The van der Waals surface area contributed by atoms with Gasteiger partial charge < -0.3 is 14.6 Å². The van der Waals surface area contributed by atoms with Crippen LogP contribution in [-0.4, -0.2) is 34.9 Å². The van der Waals surface area contributed by atoms with E-state index < -0.39 is 5.92 Å². The molecule has 4 rings (SSSR count). The van der Waals surface area contributed by atoms with Gasteiger partial charge in [0.15, 0.2) is 0 Å². The van der Waals surface area contributed by atoms with Gasteiger partial charge >= 0.3 is 0 Å². The number of para-hydroxylation sites is 4. The number of carbonyl (C=O) groups is 2. The van der Waals surface area contributed by atoms with Crippen molar-refractivity contribution in [3.05, 3.63) is 48.5 Å². The summed E-state index contributed by atoms with van der Waals surface area (Å²) < 4.78 is 5.61. The summed E-state index contributed by atoms with van der Waals surface area (Å²) in [5, 5.41) is 2.79. The summed E-state index contributed by atoms with van der Waals surface area (Å²) in [5.74, 6) is 0.277. The number of rotatable bonds is 5. The highest BCUT2D eigenvalue weighted by Crippen LogP contribution is 2.33. The van der Waals surface area contributed by atoms with E-state index in [1.54, 1.807) is 4.90 Å². The summed E-state index contributed by atoms with van der Waals surface area (Å²) in [4.78, 5) is 34.2. The number of fused-ring (bicyclic) bond motifs is 1. The average Bonchev–Trinajstić information content (AvgIpc) is 3.25. The Morgan fingerprint density at radius 2 is 2.04 bits per heavy atom. The quantitative estimate of drug-likeness (QED) is 0.729. The van der Waals surface area contributed by atoms with Gasteiger partial charge in [-0.2, -0.15) is 0 Å². The molecule has 1 atom stereocenters. The molecule has 2 heterocycles. The van der Waals surface area contributed by atoms with Gasteiger partial charge in [0.25, 0.3) is 0 Å². The lowest BCUT2D eigenvalue weighted by Gasteiger charge is -2.20. The van der Waals surface area contributed by atoms with Gasteiger partial charge in [-0.25, -0.2) is 4.98 Å². The summed E-state index contributed by atoms with van der Waals surface area (Å²) >= 11 is 0. The zero-order valence-corrected chi connectivity index (χ0v) is 14.9. The fourth-order valence-corrected chi connectivity index (χ4v) is 3.30. The predicted molar refractivity (Wildman–Crippen MR) is 103 cm³/mol. The Morgan fingerprint density at radius 3 is 2.85 bits per heavy atom. The molecule has 2 amide bonds. The molecule has 1 fully saturated rings. The van der Waals surface area contributed by atoms with Crippen LogP contribution in [0, 0.1) is 5.92 Å². The first-order valence-electron chi connectivity index (χ1n) is 8.93. The van der Waals surface area contributed by atoms with Crippen molar-refractivity contribution in [2.45, 2.75) is 13.3 Å². The minimum Gasteiger partial charge on any atom is -0.492 e. The minimum absolute atomic E-state index is 0.0908. The van der Waals surface area contributed by atoms with Gasteiger partial charge in [0.1, 0.15) is 5.75 Å². The lowest BCUT2D eigenvalue weighted by atomic mass is 10.1. The summed E-state index contributed by atoms with van der Waals surface area (Å²) in [5.41, 5.74) is 2.33. The van der Waals surface area contributed by atoms with Crippen molar-refractivity contribution in [3.63, 3.8) is 0 Å². The maximum absolute atomic E-state index is 12.6. The molecule has 2 aromatic carbocycles. The van der Waals surface area contributed by atoms with Crippen LogP contribution in [0.15, 0.2) is 48.5 Å². The van der Waals surface area contributed by atoms with Gasteiger partial charge in [0.05, 0.1) is 29.2 Å². The molecule has 1 saturated heterocycles. The van der Waals surface area contributed by atoms with Crippen LogP contribution in [0.3, 0.4) is 0 Å². The predicted octanol–water partition coefficient (Wildman–Crippen LogP) is 2.95. The minimum atomic E-state index is -0.444. The first-order valence-corrected chi connectivity index (χ1v) is 8.93. The van der Waals surface area contributed by atoms with Crippen molar-refractivity contribution in [1.82, 2.24) is 9.97 Å². The third kappa shape index (κ3) is 3.36. The number of aromatic amines is 1. The normalized spacial score (nSPS) is 16.7. The third-order valence-corrected chi connectivity index (χ3v) is 4.58. The number of hydrogen-bond donors (Lipinski definition) is 2. The maximum Gasteiger partial charge on any atom is 0.232 e. The molecular weight excluding hydrogens is 344 g/mol. The van der Waals surface area contributed by atoms with E-state index in [0.717, 1.165) is 11.0 Å². The summed E-state index contributed by atoms with van der Waals surface area (Å²) in [6.45, 7) is 2.72. The highest BCUT2D eigenvalue weighted by molar-refractivity contribution is 6.04. The molecule has 138 valence electrons. The summed E-state index contributed by atoms with van der Waals surface area (Å²) in [6, 6.07) is 14.9. The van der Waals surface area contributed by atoms with Crippen molar-refractivity contribution in [2.75, 3.05) is 23.4 Å². The molecule has 0 radical (unpaired) electrons. The average molecular weight is 364 g/mol. The fraction of sp³-hybridized carbons (Fsp3) is 0.250. The van der Waals surface area contributed by atoms with Crippen molar-refractivity contribution < 1.29 is 14.3 Å². The standard InChI is InChI=1S/C20H20N4O3/c1-2-27-17-10-6-5-9-16(17)24-12-13(11-18(24)25)19(26)23-20-21-14-7-3-4-8-15(14)22-20/h3-10,13H,2,11-12H2,1H3,(H2,21,22,23,26). The van der Waals surface area contributed by atoms with Crippen molar-refractivity contribution >= 4 is 34.5 Å². The van der Waals surface area contributed by atoms with Gasteiger partial charge in [-0.3, -0.25) is 14.9 Å². The molecule has 1 aliphatic rings. The second-order valence-corrected chi connectivity index (χ2v) is 6.40. The van der Waals surface area contributed by atoms with E-state index in [9.17, 15) is 9.59 Å². The molecule has 0 saturated carbocycles. The zero-order chi connectivity index (χ0) is 18.8. The molecule has 1 aliphatic heterocycles. The number of anilines is 2. The van der Waals surface area contributed by atoms with Crippen LogP contribution in [-0.2, 0) is 9.59 Å². The number of benzene rings is 2. The monoisotopic (exact) mass is 364 g/mol. The SMILES string of the molecule is CCOc1ccccc1N1CC(C(=O)Nc2nc3ccccc3[nH]2)CC1=O. The van der Waals surface area contributed by atoms with E-state index in [1.165, 1.54) is 0 Å². The van der Waals surface area contributed by atoms with E-state index in [1.807, 2.05) is 55.5 Å². The van der Waals surface area contributed by atoms with Crippen molar-refractivity contribution in [2.24, 2.45) is 5.92 Å². The van der Waals surface area contributed by atoms with Crippen LogP contribution in [0.1, 0.15) is 13.3 Å². The van der Waals surface area contributed by atoms with Crippen LogP contribution >= 0.6 is 0 Å². The highest BCUT2D eigenvalue weighted by Gasteiger charge is 2.36. The van der Waals surface area contributed by atoms with Crippen LogP contribution in [0.5, 0.6) is 5.75 Å². The second-order valence-electron chi connectivity index (χ2n) is 6.40. The van der Waals surface area contributed by atoms with Crippen LogP contribution in [0.25, 0.3) is 11.0 Å². The Labute approximate surface area is 156 Å². The van der Waals surface area contributed by atoms with E-state index in [0.29, 0.717) is 30.5 Å². The van der Waals surface area contributed by atoms with E-state index in [4.69, 9.17) is 4.74 Å². The number of imidazole rings is 1. The topological polar surface area (TPSA) is 87.3 Å². The fourth-order valence-electron chi connectivity index (χ4n) is 3.30. The zero-order valence-electron chi connectivity index (χ0n) is 14.9. The lowest BCUT2D eigenvalue weighted by molar-refractivity contribution is -0.122. The largest absolute Gasteiger partial charge is 0.492 e. The Balaban J connectivity index is 1.49. The smallest absolute Gasteiger partial charge is 0.232 e. The number of H-pyrrole nitrogens is 1. The van der Waals surface area contributed by atoms with Crippen LogP contribution in [0.2, 0.25) is 0 Å². The Bertz CT molecular complexity index is 965. The van der Waals surface area contributed by atoms with Gasteiger partial charge in [-0.15, -0.1) is 0 Å². The molecule has 0 spiro atoms. The van der Waals surface area contributed by atoms with E-state index in [2.05, 4.69) is 15.3 Å². The lowest BCUT2D eigenvalue weighted by Crippen LogP contribution is -2.28. The van der Waals surface area contributed by atoms with Crippen molar-refractivity contribution in [1.29, 1.82) is 0 Å². The molecule has 1 aromatic heterocycles. The molecule has 7 nitrogen and oxygen atoms in total. The molecule has 0 aliphatic carbocycles. The first kappa shape index (κ1) is 17.1. The molecule has 27 heavy (non-hydrogen) atoms. The van der Waals surface area contributed by atoms with Crippen LogP contribution in [0.4, 0.5) is 11.6 Å². The highest BCUT2D eigenvalue weighted by atomic mass is 16.5. The number of aromatic nitrogens is 2. The molecular formula is C20H20N4O3. The number of nitrogens with zero attached hydrogens (tertiary/aromatic N) is 2. The van der Waals surface area contributed by atoms with Gasteiger partial charge in [0.2, 0.25) is 17.8 Å². The van der Waals surface area contributed by atoms with Gasteiger partial charge in [0, 0.05) is 13.0 Å². The number of amides is 2. The van der Waals surface area contributed by atoms with Gasteiger partial charge in [-0.1, -0.05) is 24.3 Å². The van der Waals surface area contributed by atoms with Crippen LogP contribution < -0.4 is 15.0 Å². The molecule has 7 heteroatoms. The Hall–Kier alpha value is -3.35. The maximum atomic E-state index is 12.6. The molecule has 0 bridgehead atoms.